The van der Waals surface area contributed by atoms with Gasteiger partial charge in [0.1, 0.15) is 16.4 Å². The summed E-state index contributed by atoms with van der Waals surface area (Å²) in [5.74, 6) is -0.491. The molecule has 0 aliphatic rings. The Hall–Kier alpha value is -1.77. The van der Waals surface area contributed by atoms with Gasteiger partial charge in [-0.05, 0) is 25.0 Å². The Morgan fingerprint density at radius 3 is 2.77 bits per heavy atom. The van der Waals surface area contributed by atoms with Crippen LogP contribution in [0.15, 0.2) is 41.6 Å². The van der Waals surface area contributed by atoms with Crippen LogP contribution in [0.1, 0.15) is 19.8 Å². The van der Waals surface area contributed by atoms with E-state index in [1.165, 1.54) is 29.2 Å². The molecule has 0 aliphatic carbocycles. The van der Waals surface area contributed by atoms with Crippen molar-refractivity contribution in [2.45, 2.75) is 30.7 Å². The lowest BCUT2D eigenvalue weighted by Gasteiger charge is -2.14. The fourth-order valence-electron chi connectivity index (χ4n) is 2.00. The molecule has 120 valence electrons. The van der Waals surface area contributed by atoms with E-state index in [0.29, 0.717) is 12.8 Å². The molecule has 6 nitrogen and oxygen atoms in total. The van der Waals surface area contributed by atoms with Gasteiger partial charge in [0.15, 0.2) is 0 Å². The molecule has 0 aliphatic heterocycles. The molecule has 0 saturated carbocycles. The van der Waals surface area contributed by atoms with E-state index in [4.69, 9.17) is 5.11 Å². The van der Waals surface area contributed by atoms with E-state index >= 15 is 0 Å². The van der Waals surface area contributed by atoms with E-state index < -0.39 is 15.8 Å². The van der Waals surface area contributed by atoms with Crippen molar-refractivity contribution in [2.24, 2.45) is 0 Å². The quantitative estimate of drug-likeness (QED) is 0.806. The number of nitrogens with one attached hydrogen (secondary N) is 1. The summed E-state index contributed by atoms with van der Waals surface area (Å²) < 4.78 is 41.9. The predicted molar refractivity (Wildman–Crippen MR) is 79.6 cm³/mol. The van der Waals surface area contributed by atoms with Crippen LogP contribution in [-0.2, 0) is 10.0 Å². The number of nitrogens with zero attached hydrogens (tertiary/aromatic N) is 2. The smallest absolute Gasteiger partial charge is 0.243 e. The number of hydrogen-bond acceptors (Lipinski definition) is 4. The minimum atomic E-state index is -3.76. The second-order valence-electron chi connectivity index (χ2n) is 4.81. The molecule has 2 N–H and O–H groups in total. The van der Waals surface area contributed by atoms with Crippen molar-refractivity contribution in [3.8, 4) is 5.69 Å². The topological polar surface area (TPSA) is 84.2 Å². The van der Waals surface area contributed by atoms with Gasteiger partial charge < -0.3 is 5.11 Å². The largest absolute Gasteiger partial charge is 0.396 e. The van der Waals surface area contributed by atoms with Gasteiger partial charge in [-0.1, -0.05) is 19.1 Å². The highest BCUT2D eigenvalue weighted by Crippen LogP contribution is 2.16. The first-order valence-corrected chi connectivity index (χ1v) is 8.39. The Morgan fingerprint density at radius 1 is 1.41 bits per heavy atom. The van der Waals surface area contributed by atoms with Crippen LogP contribution in [-0.4, -0.2) is 36.0 Å². The van der Waals surface area contributed by atoms with Crippen molar-refractivity contribution in [3.05, 3.63) is 42.5 Å². The van der Waals surface area contributed by atoms with Crippen LogP contribution in [0.2, 0.25) is 0 Å². The van der Waals surface area contributed by atoms with E-state index in [1.54, 1.807) is 12.1 Å². The van der Waals surface area contributed by atoms with Crippen LogP contribution in [0, 0.1) is 5.82 Å². The Labute approximate surface area is 128 Å². The van der Waals surface area contributed by atoms with Gasteiger partial charge in [-0.15, -0.1) is 0 Å². The lowest BCUT2D eigenvalue weighted by molar-refractivity contribution is 0.270. The maximum Gasteiger partial charge on any atom is 0.243 e. The third-order valence-corrected chi connectivity index (χ3v) is 4.74. The number of para-hydroxylation sites is 1. The van der Waals surface area contributed by atoms with Crippen molar-refractivity contribution < 1.29 is 17.9 Å². The third-order valence-electron chi connectivity index (χ3n) is 3.26. The average molecular weight is 327 g/mol. The lowest BCUT2D eigenvalue weighted by atomic mass is 10.2. The molecule has 22 heavy (non-hydrogen) atoms. The number of aliphatic hydroxyl groups excluding tert-OH is 1. The molecule has 1 atom stereocenters. The van der Waals surface area contributed by atoms with E-state index in [-0.39, 0.29) is 23.2 Å². The monoisotopic (exact) mass is 327 g/mol. The Bertz CT molecular complexity index is 730. The van der Waals surface area contributed by atoms with Crippen LogP contribution in [0.3, 0.4) is 0 Å². The summed E-state index contributed by atoms with van der Waals surface area (Å²) >= 11 is 0. The Kier molecular flexibility index (Phi) is 5.28. The highest BCUT2D eigenvalue weighted by atomic mass is 32.2. The maximum absolute atomic E-state index is 13.7. The number of rotatable bonds is 7. The zero-order valence-electron chi connectivity index (χ0n) is 12.1. The maximum atomic E-state index is 13.7. The number of hydrogen-bond donors (Lipinski definition) is 2. The number of aliphatic hydroxyl groups is 1. The molecule has 2 aromatic rings. The first-order valence-electron chi connectivity index (χ1n) is 6.90. The summed E-state index contributed by atoms with van der Waals surface area (Å²) in [5, 5.41) is 12.8. The van der Waals surface area contributed by atoms with Gasteiger partial charge in [-0.3, -0.25) is 0 Å². The summed E-state index contributed by atoms with van der Waals surface area (Å²) in [7, 11) is -3.76. The lowest BCUT2D eigenvalue weighted by Crippen LogP contribution is -2.34. The van der Waals surface area contributed by atoms with Gasteiger partial charge >= 0.3 is 0 Å². The van der Waals surface area contributed by atoms with Crippen LogP contribution in [0.5, 0.6) is 0 Å². The summed E-state index contributed by atoms with van der Waals surface area (Å²) in [6.45, 7) is 1.72. The van der Waals surface area contributed by atoms with E-state index in [1.807, 2.05) is 6.92 Å². The van der Waals surface area contributed by atoms with Crippen molar-refractivity contribution >= 4 is 10.0 Å². The van der Waals surface area contributed by atoms with Crippen LogP contribution < -0.4 is 4.72 Å². The summed E-state index contributed by atoms with van der Waals surface area (Å²) in [4.78, 5) is -0.0489. The Morgan fingerprint density at radius 2 is 2.14 bits per heavy atom. The SMILES string of the molecule is CCC(CCO)NS(=O)(=O)c1cnn(-c2ccccc2F)c1. The van der Waals surface area contributed by atoms with Crippen LogP contribution in [0.4, 0.5) is 4.39 Å². The van der Waals surface area contributed by atoms with Gasteiger partial charge in [0.05, 0.1) is 12.4 Å². The zero-order chi connectivity index (χ0) is 16.2. The second-order valence-corrected chi connectivity index (χ2v) is 6.52. The van der Waals surface area contributed by atoms with Crippen molar-refractivity contribution in [1.82, 2.24) is 14.5 Å². The molecule has 0 saturated heterocycles. The summed E-state index contributed by atoms with van der Waals surface area (Å²) in [6, 6.07) is 5.61. The highest BCUT2D eigenvalue weighted by molar-refractivity contribution is 7.89. The molecule has 0 bridgehead atoms. The molecule has 1 aromatic heterocycles. The third kappa shape index (κ3) is 3.70. The molecule has 1 unspecified atom stereocenters. The highest BCUT2D eigenvalue weighted by Gasteiger charge is 2.21. The molecule has 0 radical (unpaired) electrons. The van der Waals surface area contributed by atoms with Gasteiger partial charge in [-0.25, -0.2) is 22.2 Å². The molecule has 8 heteroatoms. The van der Waals surface area contributed by atoms with E-state index in [2.05, 4.69) is 9.82 Å². The molecular weight excluding hydrogens is 309 g/mol. The van der Waals surface area contributed by atoms with Gasteiger partial charge in [-0.2, -0.15) is 5.10 Å². The fourth-order valence-corrected chi connectivity index (χ4v) is 3.29. The van der Waals surface area contributed by atoms with Crippen LogP contribution in [0.25, 0.3) is 5.69 Å². The zero-order valence-corrected chi connectivity index (χ0v) is 12.9. The molecule has 0 spiro atoms. The number of aromatic nitrogens is 2. The normalized spacial score (nSPS) is 13.2. The standard InChI is InChI=1S/C14H18FN3O3S/c1-2-11(7-8-19)17-22(20,21)12-9-16-18(10-12)14-6-4-3-5-13(14)15/h3-6,9-11,17,19H,2,7-8H2,1H3. The summed E-state index contributed by atoms with van der Waals surface area (Å²) in [6.07, 6.45) is 3.31. The fraction of sp³-hybridized carbons (Fsp3) is 0.357. The molecule has 1 heterocycles. The van der Waals surface area contributed by atoms with E-state index in [9.17, 15) is 12.8 Å². The van der Waals surface area contributed by atoms with Crippen molar-refractivity contribution in [2.75, 3.05) is 6.61 Å². The summed E-state index contributed by atoms with van der Waals surface area (Å²) in [5.41, 5.74) is 0.173. The number of halogens is 1. The van der Waals surface area contributed by atoms with Crippen LogP contribution >= 0.6 is 0 Å². The average Bonchev–Trinajstić information content (AvgIpc) is 2.97. The minimum absolute atomic E-state index is 0.0489. The second kappa shape index (κ2) is 6.99. The van der Waals surface area contributed by atoms with Crippen molar-refractivity contribution in [3.63, 3.8) is 0 Å². The number of sulfonamides is 1. The number of benzene rings is 1. The minimum Gasteiger partial charge on any atom is -0.396 e. The van der Waals surface area contributed by atoms with Crippen molar-refractivity contribution in [1.29, 1.82) is 0 Å². The predicted octanol–water partition coefficient (Wildman–Crippen LogP) is 1.45. The molecule has 1 aromatic carbocycles. The van der Waals surface area contributed by atoms with Gasteiger partial charge in [0, 0.05) is 12.6 Å². The Balaban J connectivity index is 2.25. The van der Waals surface area contributed by atoms with E-state index in [0.717, 1.165) is 0 Å². The van der Waals surface area contributed by atoms with Gasteiger partial charge in [0.25, 0.3) is 0 Å². The molecule has 2 rings (SSSR count). The van der Waals surface area contributed by atoms with Gasteiger partial charge in [0.2, 0.25) is 10.0 Å². The first-order chi connectivity index (χ1) is 10.5. The first kappa shape index (κ1) is 16.6. The molecular formula is C14H18FN3O3S. The molecule has 0 fully saturated rings. The molecule has 0 amide bonds.